The van der Waals surface area contributed by atoms with E-state index in [4.69, 9.17) is 11.6 Å². The predicted molar refractivity (Wildman–Crippen MR) is 91.1 cm³/mol. The van der Waals surface area contributed by atoms with Crippen molar-refractivity contribution in [1.29, 1.82) is 0 Å². The summed E-state index contributed by atoms with van der Waals surface area (Å²) in [6.45, 7) is 9.63. The highest BCUT2D eigenvalue weighted by Gasteiger charge is 2.31. The van der Waals surface area contributed by atoms with Crippen molar-refractivity contribution < 1.29 is 0 Å². The van der Waals surface area contributed by atoms with Crippen molar-refractivity contribution >= 4 is 17.4 Å². The smallest absolute Gasteiger partial charge is 0.147 e. The molecule has 0 radical (unpaired) electrons. The molecule has 0 unspecified atom stereocenters. The van der Waals surface area contributed by atoms with Crippen LogP contribution in [-0.4, -0.2) is 24.1 Å². The normalized spacial score (nSPS) is 14.7. The Bertz CT molecular complexity index is 444. The third-order valence-corrected chi connectivity index (χ3v) is 4.12. The second-order valence-corrected chi connectivity index (χ2v) is 6.84. The van der Waals surface area contributed by atoms with Gasteiger partial charge in [-0.3, -0.25) is 0 Å². The van der Waals surface area contributed by atoms with Gasteiger partial charge in [-0.1, -0.05) is 32.4 Å². The second kappa shape index (κ2) is 8.00. The standard InChI is InChI=1S/C17H28ClN3/c1-4-8-19-11-14-10-16(18)17(20-12-14)21(15-5-6-15)9-7-13(2)3/h10,12-13,15,19H,4-9,11H2,1-3H3. The number of hydrogen-bond donors (Lipinski definition) is 1. The molecule has 3 nitrogen and oxygen atoms in total. The summed E-state index contributed by atoms with van der Waals surface area (Å²) in [6.07, 6.45) is 6.85. The zero-order chi connectivity index (χ0) is 15.2. The fourth-order valence-corrected chi connectivity index (χ4v) is 2.73. The molecule has 0 aromatic carbocycles. The third-order valence-electron chi connectivity index (χ3n) is 3.84. The molecule has 1 aromatic rings. The molecule has 0 spiro atoms. The number of nitrogens with zero attached hydrogens (tertiary/aromatic N) is 2. The first kappa shape index (κ1) is 16.6. The molecule has 1 aromatic heterocycles. The molecular formula is C17H28ClN3. The largest absolute Gasteiger partial charge is 0.352 e. The Morgan fingerprint density at radius 2 is 2.19 bits per heavy atom. The summed E-state index contributed by atoms with van der Waals surface area (Å²) in [5.41, 5.74) is 1.16. The molecule has 2 rings (SSSR count). The van der Waals surface area contributed by atoms with Gasteiger partial charge in [0.25, 0.3) is 0 Å². The lowest BCUT2D eigenvalue weighted by Crippen LogP contribution is -2.29. The van der Waals surface area contributed by atoms with Crippen LogP contribution >= 0.6 is 11.6 Å². The topological polar surface area (TPSA) is 28.2 Å². The Morgan fingerprint density at radius 1 is 1.43 bits per heavy atom. The van der Waals surface area contributed by atoms with Crippen LogP contribution in [0.1, 0.15) is 52.0 Å². The van der Waals surface area contributed by atoms with Crippen molar-refractivity contribution in [2.24, 2.45) is 5.92 Å². The van der Waals surface area contributed by atoms with Gasteiger partial charge in [0.1, 0.15) is 5.82 Å². The Kier molecular flexibility index (Phi) is 6.31. The van der Waals surface area contributed by atoms with Gasteiger partial charge in [-0.15, -0.1) is 0 Å². The molecule has 1 aliphatic carbocycles. The number of anilines is 1. The zero-order valence-electron chi connectivity index (χ0n) is 13.5. The van der Waals surface area contributed by atoms with E-state index in [2.05, 4.69) is 42.0 Å². The first-order valence-electron chi connectivity index (χ1n) is 8.23. The number of hydrogen-bond acceptors (Lipinski definition) is 3. The van der Waals surface area contributed by atoms with Crippen LogP contribution < -0.4 is 10.2 Å². The van der Waals surface area contributed by atoms with Gasteiger partial charge in [-0.05, 0) is 49.8 Å². The van der Waals surface area contributed by atoms with Gasteiger partial charge in [0.05, 0.1) is 5.02 Å². The Morgan fingerprint density at radius 3 is 2.76 bits per heavy atom. The van der Waals surface area contributed by atoms with E-state index in [9.17, 15) is 0 Å². The fraction of sp³-hybridized carbons (Fsp3) is 0.706. The average Bonchev–Trinajstić information content (AvgIpc) is 3.25. The fourth-order valence-electron chi connectivity index (χ4n) is 2.43. The summed E-state index contributed by atoms with van der Waals surface area (Å²) in [6, 6.07) is 2.72. The quantitative estimate of drug-likeness (QED) is 0.691. The molecule has 0 saturated heterocycles. The zero-order valence-corrected chi connectivity index (χ0v) is 14.3. The SMILES string of the molecule is CCCNCc1cnc(N(CCC(C)C)C2CC2)c(Cl)c1. The summed E-state index contributed by atoms with van der Waals surface area (Å²) >= 11 is 6.49. The first-order valence-corrected chi connectivity index (χ1v) is 8.61. The summed E-state index contributed by atoms with van der Waals surface area (Å²) in [5, 5.41) is 4.18. The minimum atomic E-state index is 0.651. The van der Waals surface area contributed by atoms with Gasteiger partial charge in [-0.25, -0.2) is 4.98 Å². The van der Waals surface area contributed by atoms with Gasteiger partial charge < -0.3 is 10.2 Å². The van der Waals surface area contributed by atoms with Crippen molar-refractivity contribution in [2.75, 3.05) is 18.0 Å². The van der Waals surface area contributed by atoms with Crippen LogP contribution in [0.25, 0.3) is 0 Å². The van der Waals surface area contributed by atoms with Crippen LogP contribution in [0.15, 0.2) is 12.3 Å². The van der Waals surface area contributed by atoms with Gasteiger partial charge >= 0.3 is 0 Å². The maximum absolute atomic E-state index is 6.49. The Labute approximate surface area is 134 Å². The van der Waals surface area contributed by atoms with Crippen molar-refractivity contribution in [3.05, 3.63) is 22.8 Å². The molecule has 1 heterocycles. The average molecular weight is 310 g/mol. The lowest BCUT2D eigenvalue weighted by Gasteiger charge is -2.25. The summed E-state index contributed by atoms with van der Waals surface area (Å²) in [7, 11) is 0. The minimum Gasteiger partial charge on any atom is -0.352 e. The molecule has 1 fully saturated rings. The lowest BCUT2D eigenvalue weighted by molar-refractivity contribution is 0.568. The maximum Gasteiger partial charge on any atom is 0.147 e. The molecule has 0 bridgehead atoms. The molecule has 1 saturated carbocycles. The van der Waals surface area contributed by atoms with Gasteiger partial charge in [-0.2, -0.15) is 0 Å². The summed E-state index contributed by atoms with van der Waals surface area (Å²) in [4.78, 5) is 7.06. The van der Waals surface area contributed by atoms with Crippen LogP contribution in [0, 0.1) is 5.92 Å². The molecule has 0 atom stereocenters. The number of halogens is 1. The van der Waals surface area contributed by atoms with Crippen LogP contribution in [0.5, 0.6) is 0 Å². The van der Waals surface area contributed by atoms with Crippen molar-refractivity contribution in [3.63, 3.8) is 0 Å². The monoisotopic (exact) mass is 309 g/mol. The molecule has 21 heavy (non-hydrogen) atoms. The molecule has 118 valence electrons. The number of rotatable bonds is 9. The molecule has 4 heteroatoms. The highest BCUT2D eigenvalue weighted by molar-refractivity contribution is 6.33. The molecular weight excluding hydrogens is 282 g/mol. The Balaban J connectivity index is 2.03. The minimum absolute atomic E-state index is 0.651. The van der Waals surface area contributed by atoms with Crippen molar-refractivity contribution in [2.45, 2.75) is 59.0 Å². The maximum atomic E-state index is 6.49. The highest BCUT2D eigenvalue weighted by atomic mass is 35.5. The van der Waals surface area contributed by atoms with E-state index in [0.29, 0.717) is 12.0 Å². The van der Waals surface area contributed by atoms with Crippen molar-refractivity contribution in [3.8, 4) is 0 Å². The van der Waals surface area contributed by atoms with E-state index in [0.717, 1.165) is 42.5 Å². The van der Waals surface area contributed by atoms with E-state index in [-0.39, 0.29) is 0 Å². The Hall–Kier alpha value is -0.800. The van der Waals surface area contributed by atoms with Crippen LogP contribution in [0.2, 0.25) is 5.02 Å². The summed E-state index contributed by atoms with van der Waals surface area (Å²) < 4.78 is 0. The number of nitrogens with one attached hydrogen (secondary N) is 1. The molecule has 1 N–H and O–H groups in total. The van der Waals surface area contributed by atoms with Gasteiger partial charge in [0.15, 0.2) is 0 Å². The third kappa shape index (κ3) is 5.15. The van der Waals surface area contributed by atoms with Crippen LogP contribution in [0.3, 0.4) is 0 Å². The second-order valence-electron chi connectivity index (χ2n) is 6.43. The predicted octanol–water partition coefficient (Wildman–Crippen LogP) is 4.25. The first-order chi connectivity index (χ1) is 10.1. The van der Waals surface area contributed by atoms with Crippen LogP contribution in [-0.2, 0) is 6.54 Å². The van der Waals surface area contributed by atoms with E-state index in [1.807, 2.05) is 6.20 Å². The van der Waals surface area contributed by atoms with Gasteiger partial charge in [0, 0.05) is 25.3 Å². The number of aromatic nitrogens is 1. The van der Waals surface area contributed by atoms with Crippen LogP contribution in [0.4, 0.5) is 5.82 Å². The molecule has 0 amide bonds. The molecule has 0 aliphatic heterocycles. The molecule has 1 aliphatic rings. The lowest BCUT2D eigenvalue weighted by atomic mass is 10.1. The van der Waals surface area contributed by atoms with E-state index < -0.39 is 0 Å². The van der Waals surface area contributed by atoms with E-state index in [1.54, 1.807) is 0 Å². The van der Waals surface area contributed by atoms with Gasteiger partial charge in [0.2, 0.25) is 0 Å². The highest BCUT2D eigenvalue weighted by Crippen LogP contribution is 2.35. The van der Waals surface area contributed by atoms with E-state index >= 15 is 0 Å². The summed E-state index contributed by atoms with van der Waals surface area (Å²) in [5.74, 6) is 1.68. The van der Waals surface area contributed by atoms with E-state index in [1.165, 1.54) is 19.3 Å². The van der Waals surface area contributed by atoms with Crippen molar-refractivity contribution in [1.82, 2.24) is 10.3 Å². The number of pyridine rings is 1.